The van der Waals surface area contributed by atoms with E-state index in [1.807, 2.05) is 0 Å². The number of methoxy groups -OCH3 is 1. The van der Waals surface area contributed by atoms with Crippen molar-refractivity contribution in [3.8, 4) is 23.2 Å². The molecule has 0 bridgehead atoms. The van der Waals surface area contributed by atoms with Crippen molar-refractivity contribution in [2.24, 2.45) is 0 Å². The Balaban J connectivity index is 1.91. The van der Waals surface area contributed by atoms with Crippen LogP contribution < -0.4 is 0 Å². The number of carbonyl (C=O) groups excluding carboxylic acids is 1. The standard InChI is InChI=1S/C11H7N3O5/c1-16-11(15)8-4-19-10(14-8)7-3-18-9(13-7)6-2-17-5-12-6/h2-5H,1H3. The Kier molecular flexibility index (Phi) is 2.60. The summed E-state index contributed by atoms with van der Waals surface area (Å²) in [5, 5.41) is 0. The van der Waals surface area contributed by atoms with E-state index in [9.17, 15) is 4.79 Å². The summed E-state index contributed by atoms with van der Waals surface area (Å²) in [5.74, 6) is -0.171. The monoisotopic (exact) mass is 261 g/mol. The van der Waals surface area contributed by atoms with E-state index >= 15 is 0 Å². The number of nitrogens with zero attached hydrogens (tertiary/aromatic N) is 3. The summed E-state index contributed by atoms with van der Waals surface area (Å²) in [5.41, 5.74) is 0.850. The molecule has 96 valence electrons. The van der Waals surface area contributed by atoms with E-state index in [2.05, 4.69) is 19.7 Å². The van der Waals surface area contributed by atoms with Crippen molar-refractivity contribution in [3.63, 3.8) is 0 Å². The zero-order chi connectivity index (χ0) is 13.2. The molecule has 3 aromatic heterocycles. The van der Waals surface area contributed by atoms with E-state index in [0.717, 1.165) is 0 Å². The number of esters is 1. The molecule has 3 rings (SSSR count). The molecule has 0 saturated carbocycles. The van der Waals surface area contributed by atoms with Crippen molar-refractivity contribution >= 4 is 5.97 Å². The number of rotatable bonds is 3. The lowest BCUT2D eigenvalue weighted by molar-refractivity contribution is 0.0594. The minimum absolute atomic E-state index is 0.0588. The van der Waals surface area contributed by atoms with Crippen LogP contribution in [0.1, 0.15) is 10.5 Å². The molecule has 0 N–H and O–H groups in total. The summed E-state index contributed by atoms with van der Waals surface area (Å²) in [6.07, 6.45) is 5.19. The van der Waals surface area contributed by atoms with Crippen LogP contribution in [0, 0.1) is 0 Å². The van der Waals surface area contributed by atoms with Gasteiger partial charge in [-0.05, 0) is 0 Å². The summed E-state index contributed by atoms with van der Waals surface area (Å²) in [6.45, 7) is 0. The average molecular weight is 261 g/mol. The normalized spacial score (nSPS) is 10.6. The summed E-state index contributed by atoms with van der Waals surface area (Å²) in [7, 11) is 1.26. The van der Waals surface area contributed by atoms with Crippen LogP contribution in [0.15, 0.2) is 38.4 Å². The molecule has 0 aliphatic rings. The minimum atomic E-state index is -0.588. The van der Waals surface area contributed by atoms with Gasteiger partial charge in [-0.15, -0.1) is 0 Å². The zero-order valence-corrected chi connectivity index (χ0v) is 9.69. The Morgan fingerprint density at radius 1 is 1.11 bits per heavy atom. The molecule has 0 spiro atoms. The summed E-state index contributed by atoms with van der Waals surface area (Å²) in [4.78, 5) is 23.2. The number of carbonyl (C=O) groups is 1. The van der Waals surface area contributed by atoms with Crippen LogP contribution in [-0.2, 0) is 4.74 Å². The summed E-state index contributed by atoms with van der Waals surface area (Å²) >= 11 is 0. The Bertz CT molecular complexity index is 698. The van der Waals surface area contributed by atoms with Gasteiger partial charge in [-0.3, -0.25) is 0 Å². The van der Waals surface area contributed by atoms with Gasteiger partial charge in [0.05, 0.1) is 7.11 Å². The molecule has 8 heteroatoms. The fraction of sp³-hybridized carbons (Fsp3) is 0.0909. The minimum Gasteiger partial charge on any atom is -0.464 e. The molecule has 3 heterocycles. The van der Waals surface area contributed by atoms with Crippen LogP contribution in [0.2, 0.25) is 0 Å². The van der Waals surface area contributed by atoms with Crippen molar-refractivity contribution in [1.82, 2.24) is 15.0 Å². The van der Waals surface area contributed by atoms with E-state index in [4.69, 9.17) is 13.3 Å². The lowest BCUT2D eigenvalue weighted by atomic mass is 10.4. The highest BCUT2D eigenvalue weighted by molar-refractivity contribution is 5.87. The molecule has 19 heavy (non-hydrogen) atoms. The summed E-state index contributed by atoms with van der Waals surface area (Å²) < 4.78 is 19.7. The van der Waals surface area contributed by atoms with Gasteiger partial charge in [0.1, 0.15) is 18.8 Å². The molecule has 0 unspecified atom stereocenters. The van der Waals surface area contributed by atoms with Crippen LogP contribution in [0.5, 0.6) is 0 Å². The molecule has 0 atom stereocenters. The second kappa shape index (κ2) is 4.41. The van der Waals surface area contributed by atoms with Gasteiger partial charge >= 0.3 is 5.97 Å². The van der Waals surface area contributed by atoms with Gasteiger partial charge in [-0.1, -0.05) is 0 Å². The van der Waals surface area contributed by atoms with E-state index < -0.39 is 5.97 Å². The molecule has 0 amide bonds. The number of hydrogen-bond acceptors (Lipinski definition) is 8. The molecule has 0 radical (unpaired) electrons. The van der Waals surface area contributed by atoms with Gasteiger partial charge in [0, 0.05) is 0 Å². The molecule has 0 fully saturated rings. The maximum absolute atomic E-state index is 11.2. The van der Waals surface area contributed by atoms with E-state index in [-0.39, 0.29) is 17.5 Å². The SMILES string of the molecule is COC(=O)c1coc(-c2coc(-c3cocn3)n2)n1. The van der Waals surface area contributed by atoms with Gasteiger partial charge < -0.3 is 18.0 Å². The van der Waals surface area contributed by atoms with Crippen LogP contribution in [0.25, 0.3) is 23.2 Å². The topological polar surface area (TPSA) is 104 Å². The third kappa shape index (κ3) is 1.99. The smallest absolute Gasteiger partial charge is 0.360 e. The number of hydrogen-bond donors (Lipinski definition) is 0. The predicted molar refractivity (Wildman–Crippen MR) is 58.8 cm³/mol. The lowest BCUT2D eigenvalue weighted by Crippen LogP contribution is -2.00. The van der Waals surface area contributed by atoms with Gasteiger partial charge in [-0.2, -0.15) is 0 Å². The summed E-state index contributed by atoms with van der Waals surface area (Å²) in [6, 6.07) is 0. The largest absolute Gasteiger partial charge is 0.464 e. The van der Waals surface area contributed by atoms with Gasteiger partial charge in [0.25, 0.3) is 0 Å². The first-order valence-corrected chi connectivity index (χ1v) is 5.16. The van der Waals surface area contributed by atoms with Crippen molar-refractivity contribution in [2.45, 2.75) is 0 Å². The third-order valence-corrected chi connectivity index (χ3v) is 2.27. The molecule has 0 saturated heterocycles. The molecular formula is C11H7N3O5. The van der Waals surface area contributed by atoms with Crippen LogP contribution in [-0.4, -0.2) is 28.0 Å². The van der Waals surface area contributed by atoms with Crippen molar-refractivity contribution in [2.75, 3.05) is 7.11 Å². The van der Waals surface area contributed by atoms with Crippen LogP contribution in [0.3, 0.4) is 0 Å². The Hall–Kier alpha value is -2.90. The number of ether oxygens (including phenoxy) is 1. The maximum atomic E-state index is 11.2. The number of aromatic nitrogens is 3. The first-order valence-electron chi connectivity index (χ1n) is 5.16. The predicted octanol–water partition coefficient (Wildman–Crippen LogP) is 1.77. The van der Waals surface area contributed by atoms with Gasteiger partial charge in [0.15, 0.2) is 23.5 Å². The second-order valence-corrected chi connectivity index (χ2v) is 3.44. The molecule has 0 aliphatic heterocycles. The number of oxazole rings is 3. The highest BCUT2D eigenvalue weighted by atomic mass is 16.5. The van der Waals surface area contributed by atoms with Crippen molar-refractivity contribution in [1.29, 1.82) is 0 Å². The first-order chi connectivity index (χ1) is 9.28. The average Bonchev–Trinajstić information content (AvgIpc) is 3.14. The van der Waals surface area contributed by atoms with Gasteiger partial charge in [0.2, 0.25) is 11.8 Å². The van der Waals surface area contributed by atoms with E-state index in [1.165, 1.54) is 32.3 Å². The first kappa shape index (κ1) is 11.2. The van der Waals surface area contributed by atoms with Crippen molar-refractivity contribution < 1.29 is 22.8 Å². The molecule has 0 aromatic carbocycles. The van der Waals surface area contributed by atoms with Gasteiger partial charge in [-0.25, -0.2) is 19.7 Å². The lowest BCUT2D eigenvalue weighted by Gasteiger charge is -1.89. The second-order valence-electron chi connectivity index (χ2n) is 3.44. The molecule has 8 nitrogen and oxygen atoms in total. The fourth-order valence-corrected chi connectivity index (χ4v) is 1.40. The van der Waals surface area contributed by atoms with Crippen molar-refractivity contribution in [3.05, 3.63) is 30.9 Å². The molecule has 0 aliphatic carbocycles. The molecule has 3 aromatic rings. The highest BCUT2D eigenvalue weighted by Gasteiger charge is 2.17. The zero-order valence-electron chi connectivity index (χ0n) is 9.69. The third-order valence-electron chi connectivity index (χ3n) is 2.27. The van der Waals surface area contributed by atoms with Crippen LogP contribution in [0.4, 0.5) is 0 Å². The highest BCUT2D eigenvalue weighted by Crippen LogP contribution is 2.23. The quantitative estimate of drug-likeness (QED) is 0.657. The Morgan fingerprint density at radius 3 is 2.63 bits per heavy atom. The fourth-order valence-electron chi connectivity index (χ4n) is 1.40. The van der Waals surface area contributed by atoms with E-state index in [0.29, 0.717) is 11.4 Å². The maximum Gasteiger partial charge on any atom is 0.360 e. The molecular weight excluding hydrogens is 254 g/mol. The van der Waals surface area contributed by atoms with Crippen LogP contribution >= 0.6 is 0 Å². The Labute approximate surface area is 106 Å². The Morgan fingerprint density at radius 2 is 1.89 bits per heavy atom. The van der Waals surface area contributed by atoms with E-state index in [1.54, 1.807) is 0 Å².